The number of nitro groups is 1. The predicted octanol–water partition coefficient (Wildman–Crippen LogP) is 4.69. The number of benzene rings is 1. The summed E-state index contributed by atoms with van der Waals surface area (Å²) in [5, 5.41) is 10.5. The van der Waals surface area contributed by atoms with E-state index in [2.05, 4.69) is 0 Å². The zero-order chi connectivity index (χ0) is 21.0. The molecule has 1 saturated heterocycles. The number of alkyl halides is 4. The molecule has 3 aliphatic rings. The maximum atomic E-state index is 13.6. The van der Waals surface area contributed by atoms with Crippen LogP contribution in [0.15, 0.2) is 28.3 Å². The molecule has 4 rings (SSSR count). The van der Waals surface area contributed by atoms with Gasteiger partial charge in [-0.25, -0.2) is 4.90 Å². The molecular weight excluding hydrogens is 504 g/mol. The molecule has 1 saturated carbocycles. The van der Waals surface area contributed by atoms with E-state index in [9.17, 15) is 24.1 Å². The molecule has 2 amide bonds. The Hall–Kier alpha value is -0.830. The SMILES string of the molecule is O=C1[C@H]2[C@H](C(=O)N1c1ccc(F)c([N+](=O)[O-])c1)[C@@]1(Cl)C(Cl)=C(Cl)[C@@]2(Cl)C1(Cl)Cl. The van der Waals surface area contributed by atoms with E-state index in [4.69, 9.17) is 69.6 Å². The third kappa shape index (κ3) is 1.98. The first-order valence-electron chi connectivity index (χ1n) is 7.47. The van der Waals surface area contributed by atoms with Gasteiger partial charge in [0.25, 0.3) is 0 Å². The number of nitro benzene ring substituents is 1. The zero-order valence-corrected chi connectivity index (χ0v) is 17.6. The van der Waals surface area contributed by atoms with Gasteiger partial charge in [-0.05, 0) is 12.1 Å². The van der Waals surface area contributed by atoms with E-state index < -0.39 is 54.2 Å². The van der Waals surface area contributed by atoms with Gasteiger partial charge < -0.3 is 0 Å². The fraction of sp³-hybridized carbons (Fsp3) is 0.333. The minimum Gasteiger partial charge on any atom is -0.274 e. The number of fused-ring (bicyclic) bond motifs is 5. The van der Waals surface area contributed by atoms with E-state index in [1.807, 2.05) is 0 Å². The van der Waals surface area contributed by atoms with Crippen LogP contribution >= 0.6 is 69.6 Å². The van der Waals surface area contributed by atoms with Crippen molar-refractivity contribution in [3.05, 3.63) is 44.2 Å². The molecule has 1 aromatic rings. The Labute approximate surface area is 186 Å². The van der Waals surface area contributed by atoms with Crippen molar-refractivity contribution in [3.8, 4) is 0 Å². The summed E-state index contributed by atoms with van der Waals surface area (Å²) in [5.41, 5.74) is -1.16. The summed E-state index contributed by atoms with van der Waals surface area (Å²) in [4.78, 5) is 32.8. The predicted molar refractivity (Wildman–Crippen MR) is 103 cm³/mol. The molecule has 4 atom stereocenters. The zero-order valence-electron chi connectivity index (χ0n) is 13.1. The van der Waals surface area contributed by atoms with Crippen molar-refractivity contribution in [2.75, 3.05) is 4.90 Å². The van der Waals surface area contributed by atoms with Gasteiger partial charge in [0.05, 0.1) is 32.5 Å². The quantitative estimate of drug-likeness (QED) is 0.251. The van der Waals surface area contributed by atoms with Gasteiger partial charge in [-0.2, -0.15) is 4.39 Å². The van der Waals surface area contributed by atoms with Gasteiger partial charge in [0.15, 0.2) is 4.33 Å². The molecule has 1 heterocycles. The molecule has 2 bridgehead atoms. The third-order valence-corrected chi connectivity index (χ3v) is 9.55. The van der Waals surface area contributed by atoms with Crippen molar-refractivity contribution in [2.24, 2.45) is 11.8 Å². The van der Waals surface area contributed by atoms with E-state index in [1.54, 1.807) is 0 Å². The molecule has 0 radical (unpaired) electrons. The summed E-state index contributed by atoms with van der Waals surface area (Å²) in [6.07, 6.45) is 0. The highest BCUT2D eigenvalue weighted by atomic mass is 35.5. The summed E-state index contributed by atoms with van der Waals surface area (Å²) < 4.78 is 11.6. The van der Waals surface area contributed by atoms with Crippen LogP contribution in [0.4, 0.5) is 15.8 Å². The van der Waals surface area contributed by atoms with Crippen LogP contribution in [0, 0.1) is 27.8 Å². The summed E-state index contributed by atoms with van der Waals surface area (Å²) >= 11 is 38.2. The van der Waals surface area contributed by atoms with E-state index in [1.165, 1.54) is 0 Å². The van der Waals surface area contributed by atoms with Gasteiger partial charge in [0, 0.05) is 6.07 Å². The van der Waals surface area contributed by atoms with Crippen LogP contribution in [0.1, 0.15) is 0 Å². The fourth-order valence-electron chi connectivity index (χ4n) is 4.03. The highest BCUT2D eigenvalue weighted by Crippen LogP contribution is 2.77. The largest absolute Gasteiger partial charge is 0.306 e. The summed E-state index contributed by atoms with van der Waals surface area (Å²) in [5.74, 6) is -5.67. The van der Waals surface area contributed by atoms with Crippen LogP contribution in [0.3, 0.4) is 0 Å². The monoisotopic (exact) mass is 506 g/mol. The molecule has 1 aliphatic heterocycles. The highest BCUT2D eigenvalue weighted by molar-refractivity contribution is 6.67. The molecule has 0 unspecified atom stereocenters. The van der Waals surface area contributed by atoms with Crippen LogP contribution in [-0.2, 0) is 9.59 Å². The van der Waals surface area contributed by atoms with Crippen molar-refractivity contribution in [1.82, 2.24) is 0 Å². The second kappa shape index (κ2) is 5.86. The van der Waals surface area contributed by atoms with Gasteiger partial charge >= 0.3 is 5.69 Å². The van der Waals surface area contributed by atoms with E-state index in [-0.39, 0.29) is 15.8 Å². The first-order valence-corrected chi connectivity index (χ1v) is 9.73. The number of imide groups is 1. The first-order chi connectivity index (χ1) is 12.8. The van der Waals surface area contributed by atoms with E-state index in [0.717, 1.165) is 18.2 Å². The topological polar surface area (TPSA) is 80.5 Å². The van der Waals surface area contributed by atoms with Crippen LogP contribution in [0.5, 0.6) is 0 Å². The Bertz CT molecular complexity index is 986. The second-order valence-corrected chi connectivity index (χ2v) is 9.76. The first kappa shape index (κ1) is 20.4. The van der Waals surface area contributed by atoms with Crippen molar-refractivity contribution < 1.29 is 18.9 Å². The number of rotatable bonds is 2. The fourth-order valence-corrected chi connectivity index (χ4v) is 6.96. The third-order valence-electron chi connectivity index (χ3n) is 5.29. The molecule has 0 N–H and O–H groups in total. The number of anilines is 1. The van der Waals surface area contributed by atoms with Crippen LogP contribution in [-0.4, -0.2) is 30.8 Å². The summed E-state index contributed by atoms with van der Waals surface area (Å²) in [6.45, 7) is 0. The standard InChI is InChI=1S/C15H5Cl6FN2O4/c16-9-10(17)14(19)8-7(13(9,18)15(14,20)21)11(25)23(12(8)26)4-1-2-5(22)6(3-4)24(27)28/h1-3,7-8H/t7-,8-,13-,14-/m1/s1. The lowest BCUT2D eigenvalue weighted by Gasteiger charge is -2.34. The van der Waals surface area contributed by atoms with Gasteiger partial charge in [0.1, 0.15) is 9.75 Å². The lowest BCUT2D eigenvalue weighted by Crippen LogP contribution is -2.50. The molecule has 0 aromatic heterocycles. The number of hydrogen-bond donors (Lipinski definition) is 0. The number of halogens is 7. The Morgan fingerprint density at radius 2 is 1.46 bits per heavy atom. The van der Waals surface area contributed by atoms with E-state index in [0.29, 0.717) is 4.90 Å². The highest BCUT2D eigenvalue weighted by Gasteiger charge is 2.87. The Morgan fingerprint density at radius 1 is 1.00 bits per heavy atom. The lowest BCUT2D eigenvalue weighted by atomic mass is 9.84. The Kier molecular flexibility index (Phi) is 4.28. The van der Waals surface area contributed by atoms with E-state index >= 15 is 0 Å². The summed E-state index contributed by atoms with van der Waals surface area (Å²) in [7, 11) is 0. The van der Waals surface area contributed by atoms with Crippen LogP contribution in [0.25, 0.3) is 0 Å². The molecular formula is C15H5Cl6FN2O4. The minimum atomic E-state index is -2.08. The molecule has 28 heavy (non-hydrogen) atoms. The summed E-state index contributed by atoms with van der Waals surface area (Å²) in [6, 6.07) is 2.55. The second-order valence-electron chi connectivity index (χ2n) is 6.49. The number of hydrogen-bond acceptors (Lipinski definition) is 4. The molecule has 2 aliphatic carbocycles. The smallest absolute Gasteiger partial charge is 0.274 e. The molecule has 148 valence electrons. The maximum Gasteiger partial charge on any atom is 0.306 e. The normalized spacial score (nSPS) is 35.8. The average molecular weight is 509 g/mol. The van der Waals surface area contributed by atoms with Crippen molar-refractivity contribution in [2.45, 2.75) is 14.1 Å². The van der Waals surface area contributed by atoms with Crippen LogP contribution in [0.2, 0.25) is 0 Å². The molecule has 0 spiro atoms. The van der Waals surface area contributed by atoms with Gasteiger partial charge in [-0.1, -0.05) is 46.4 Å². The molecule has 13 heteroatoms. The number of amides is 2. The molecule has 2 fully saturated rings. The maximum absolute atomic E-state index is 13.6. The Balaban J connectivity index is 1.89. The minimum absolute atomic E-state index is 0.237. The lowest BCUT2D eigenvalue weighted by molar-refractivity contribution is -0.387. The van der Waals surface area contributed by atoms with Gasteiger partial charge in [0.2, 0.25) is 17.6 Å². The van der Waals surface area contributed by atoms with Crippen molar-refractivity contribution in [3.63, 3.8) is 0 Å². The van der Waals surface area contributed by atoms with Crippen LogP contribution < -0.4 is 4.90 Å². The van der Waals surface area contributed by atoms with Crippen molar-refractivity contribution >= 4 is 92.8 Å². The van der Waals surface area contributed by atoms with Gasteiger partial charge in [-0.3, -0.25) is 19.7 Å². The van der Waals surface area contributed by atoms with Gasteiger partial charge in [-0.15, -0.1) is 23.2 Å². The number of nitrogens with zero attached hydrogens (tertiary/aromatic N) is 2. The number of carbonyl (C=O) groups excluding carboxylic acids is 2. The number of carbonyl (C=O) groups is 2. The molecule has 6 nitrogen and oxygen atoms in total. The Morgan fingerprint density at radius 3 is 1.89 bits per heavy atom. The average Bonchev–Trinajstić information content (AvgIpc) is 3.00. The van der Waals surface area contributed by atoms with Crippen molar-refractivity contribution in [1.29, 1.82) is 0 Å². The molecule has 1 aromatic carbocycles. The number of allylic oxidation sites excluding steroid dienone is 2.